The fourth-order valence-corrected chi connectivity index (χ4v) is 2.74. The maximum absolute atomic E-state index is 12.3. The van der Waals surface area contributed by atoms with Gasteiger partial charge in [-0.3, -0.25) is 9.69 Å². The highest BCUT2D eigenvalue weighted by atomic mass is 35.5. The van der Waals surface area contributed by atoms with Gasteiger partial charge in [0.05, 0.1) is 31.5 Å². The quantitative estimate of drug-likeness (QED) is 0.775. The first-order valence-electron chi connectivity index (χ1n) is 7.05. The molecule has 0 aromatic carbocycles. The summed E-state index contributed by atoms with van der Waals surface area (Å²) in [4.78, 5) is 16.4. The van der Waals surface area contributed by atoms with Gasteiger partial charge in [0.2, 0.25) is 5.91 Å². The van der Waals surface area contributed by atoms with Crippen LogP contribution in [0.2, 0.25) is 0 Å². The summed E-state index contributed by atoms with van der Waals surface area (Å²) in [6, 6.07) is 0. The van der Waals surface area contributed by atoms with Crippen molar-refractivity contribution >= 4 is 18.3 Å². The van der Waals surface area contributed by atoms with Crippen LogP contribution in [0.5, 0.6) is 0 Å². The van der Waals surface area contributed by atoms with E-state index in [9.17, 15) is 4.79 Å². The minimum absolute atomic E-state index is 0. The zero-order valence-electron chi connectivity index (χ0n) is 12.3. The van der Waals surface area contributed by atoms with E-state index in [-0.39, 0.29) is 36.6 Å². The molecule has 2 saturated heterocycles. The molecule has 2 fully saturated rings. The Morgan fingerprint density at radius 3 is 2.50 bits per heavy atom. The van der Waals surface area contributed by atoms with E-state index >= 15 is 0 Å². The van der Waals surface area contributed by atoms with E-state index in [0.717, 1.165) is 13.1 Å². The van der Waals surface area contributed by atoms with Gasteiger partial charge in [0, 0.05) is 32.7 Å². The summed E-state index contributed by atoms with van der Waals surface area (Å²) in [5.41, 5.74) is 5.61. The second kappa shape index (κ2) is 8.14. The number of ether oxygens (including phenoxy) is 2. The molecule has 2 heterocycles. The van der Waals surface area contributed by atoms with E-state index in [0.29, 0.717) is 32.8 Å². The van der Waals surface area contributed by atoms with Crippen molar-refractivity contribution in [1.29, 1.82) is 0 Å². The molecule has 3 unspecified atom stereocenters. The molecule has 1 amide bonds. The van der Waals surface area contributed by atoms with Crippen LogP contribution in [0.25, 0.3) is 0 Å². The molecule has 2 aliphatic heterocycles. The van der Waals surface area contributed by atoms with Crippen LogP contribution in [0.3, 0.4) is 0 Å². The Labute approximate surface area is 127 Å². The van der Waals surface area contributed by atoms with Crippen LogP contribution < -0.4 is 5.73 Å². The molecule has 6 nitrogen and oxygen atoms in total. The molecule has 2 aliphatic rings. The largest absolute Gasteiger partial charge is 0.374 e. The Bertz CT molecular complexity index is 309. The minimum atomic E-state index is 0. The molecular formula is C13H26ClN3O3. The van der Waals surface area contributed by atoms with E-state index in [4.69, 9.17) is 15.2 Å². The summed E-state index contributed by atoms with van der Waals surface area (Å²) in [5.74, 6) is 0.180. The van der Waals surface area contributed by atoms with Crippen molar-refractivity contribution in [3.05, 3.63) is 0 Å². The van der Waals surface area contributed by atoms with Crippen molar-refractivity contribution in [3.8, 4) is 0 Å². The standard InChI is InChI=1S/C13H25N3O3.ClH/c1-10-6-16(7-11(2)19-10)13(17)9-15-3-4-18-12(5-14)8-15;/h10-12H,3-9,14H2,1-2H3;1H. The zero-order valence-corrected chi connectivity index (χ0v) is 13.1. The predicted molar refractivity (Wildman–Crippen MR) is 79.1 cm³/mol. The number of hydrogen-bond donors (Lipinski definition) is 1. The molecular weight excluding hydrogens is 282 g/mol. The molecule has 2 N–H and O–H groups in total. The molecule has 0 bridgehead atoms. The predicted octanol–water partition coefficient (Wildman–Crippen LogP) is -0.296. The van der Waals surface area contributed by atoms with Crippen molar-refractivity contribution in [2.45, 2.75) is 32.2 Å². The summed E-state index contributed by atoms with van der Waals surface area (Å²) in [5, 5.41) is 0. The molecule has 0 aliphatic carbocycles. The third-order valence-electron chi connectivity index (χ3n) is 3.62. The molecule has 118 valence electrons. The molecule has 3 atom stereocenters. The molecule has 0 spiro atoms. The van der Waals surface area contributed by atoms with Crippen LogP contribution in [-0.4, -0.2) is 79.9 Å². The van der Waals surface area contributed by atoms with Crippen LogP contribution in [-0.2, 0) is 14.3 Å². The zero-order chi connectivity index (χ0) is 13.8. The Morgan fingerprint density at radius 1 is 1.25 bits per heavy atom. The van der Waals surface area contributed by atoms with Crippen LogP contribution in [0.1, 0.15) is 13.8 Å². The van der Waals surface area contributed by atoms with E-state index in [1.54, 1.807) is 0 Å². The molecule has 0 saturated carbocycles. The smallest absolute Gasteiger partial charge is 0.236 e. The molecule has 2 rings (SSSR count). The van der Waals surface area contributed by atoms with Crippen LogP contribution in [0.4, 0.5) is 0 Å². The van der Waals surface area contributed by atoms with E-state index < -0.39 is 0 Å². The number of carbonyl (C=O) groups is 1. The first kappa shape index (κ1) is 17.7. The minimum Gasteiger partial charge on any atom is -0.374 e. The highest BCUT2D eigenvalue weighted by Gasteiger charge is 2.28. The van der Waals surface area contributed by atoms with Gasteiger partial charge in [-0.25, -0.2) is 0 Å². The number of nitrogens with zero attached hydrogens (tertiary/aromatic N) is 2. The van der Waals surface area contributed by atoms with E-state index in [1.165, 1.54) is 0 Å². The highest BCUT2D eigenvalue weighted by molar-refractivity contribution is 5.85. The molecule has 0 radical (unpaired) electrons. The topological polar surface area (TPSA) is 68.0 Å². The maximum Gasteiger partial charge on any atom is 0.236 e. The molecule has 0 aromatic rings. The summed E-state index contributed by atoms with van der Waals surface area (Å²) in [6.07, 6.45) is 0.299. The second-order valence-corrected chi connectivity index (χ2v) is 5.52. The number of hydrogen-bond acceptors (Lipinski definition) is 5. The van der Waals surface area contributed by atoms with Gasteiger partial charge in [0.15, 0.2) is 0 Å². The van der Waals surface area contributed by atoms with E-state index in [2.05, 4.69) is 4.90 Å². The van der Waals surface area contributed by atoms with Gasteiger partial charge in [-0.15, -0.1) is 12.4 Å². The highest BCUT2D eigenvalue weighted by Crippen LogP contribution is 2.12. The first-order chi connectivity index (χ1) is 9.08. The van der Waals surface area contributed by atoms with Crippen LogP contribution in [0, 0.1) is 0 Å². The van der Waals surface area contributed by atoms with Gasteiger partial charge in [-0.1, -0.05) is 0 Å². The fourth-order valence-electron chi connectivity index (χ4n) is 2.74. The van der Waals surface area contributed by atoms with E-state index in [1.807, 2.05) is 18.7 Å². The van der Waals surface area contributed by atoms with Crippen molar-refractivity contribution in [3.63, 3.8) is 0 Å². The fraction of sp³-hybridized carbons (Fsp3) is 0.923. The lowest BCUT2D eigenvalue weighted by Crippen LogP contribution is -2.53. The summed E-state index contributed by atoms with van der Waals surface area (Å²) < 4.78 is 11.2. The van der Waals surface area contributed by atoms with Gasteiger partial charge >= 0.3 is 0 Å². The Balaban J connectivity index is 0.00000200. The number of nitrogens with two attached hydrogens (primary N) is 1. The van der Waals surface area contributed by atoms with Gasteiger partial charge in [0.25, 0.3) is 0 Å². The summed E-state index contributed by atoms with van der Waals surface area (Å²) in [7, 11) is 0. The molecule has 7 heteroatoms. The lowest BCUT2D eigenvalue weighted by atomic mass is 10.2. The maximum atomic E-state index is 12.3. The number of carbonyl (C=O) groups excluding carboxylic acids is 1. The Morgan fingerprint density at radius 2 is 1.90 bits per heavy atom. The number of amides is 1. The average Bonchev–Trinajstić information content (AvgIpc) is 2.37. The third kappa shape index (κ3) is 4.86. The van der Waals surface area contributed by atoms with Crippen LogP contribution >= 0.6 is 12.4 Å². The van der Waals surface area contributed by atoms with Gasteiger partial charge in [0.1, 0.15) is 0 Å². The SMILES string of the molecule is CC1CN(C(=O)CN2CCOC(CN)C2)CC(C)O1.Cl. The summed E-state index contributed by atoms with van der Waals surface area (Å²) >= 11 is 0. The van der Waals surface area contributed by atoms with Crippen molar-refractivity contribution in [2.24, 2.45) is 5.73 Å². The monoisotopic (exact) mass is 307 g/mol. The third-order valence-corrected chi connectivity index (χ3v) is 3.62. The van der Waals surface area contributed by atoms with Crippen molar-refractivity contribution < 1.29 is 14.3 Å². The van der Waals surface area contributed by atoms with Gasteiger partial charge in [-0.2, -0.15) is 0 Å². The number of halogens is 1. The lowest BCUT2D eigenvalue weighted by Gasteiger charge is -2.37. The molecule has 20 heavy (non-hydrogen) atoms. The Hall–Kier alpha value is -0.400. The summed E-state index contributed by atoms with van der Waals surface area (Å²) in [6.45, 7) is 8.57. The normalized spacial score (nSPS) is 31.8. The average molecular weight is 308 g/mol. The van der Waals surface area contributed by atoms with Crippen molar-refractivity contribution in [1.82, 2.24) is 9.80 Å². The lowest BCUT2D eigenvalue weighted by molar-refractivity contribution is -0.145. The number of rotatable bonds is 3. The number of morpholine rings is 2. The Kier molecular flexibility index (Phi) is 7.19. The van der Waals surface area contributed by atoms with Crippen LogP contribution in [0.15, 0.2) is 0 Å². The first-order valence-corrected chi connectivity index (χ1v) is 7.05. The van der Waals surface area contributed by atoms with Gasteiger partial charge < -0.3 is 20.1 Å². The second-order valence-electron chi connectivity index (χ2n) is 5.52. The van der Waals surface area contributed by atoms with Gasteiger partial charge in [-0.05, 0) is 13.8 Å². The van der Waals surface area contributed by atoms with Crippen molar-refractivity contribution in [2.75, 3.05) is 45.9 Å². The molecule has 0 aromatic heterocycles.